The van der Waals surface area contributed by atoms with Gasteiger partial charge in [0.1, 0.15) is 0 Å². The second-order valence-electron chi connectivity index (χ2n) is 3.97. The highest BCUT2D eigenvalue weighted by Crippen LogP contribution is 2.13. The summed E-state index contributed by atoms with van der Waals surface area (Å²) in [6.07, 6.45) is 0. The standard InChI is InChI=1S/C14H11IN2O3/c15-10-3-7-12(8-4-10)17-14(20)16-11-5-1-9(2-6-11)13(18)19/h1-8H,(H,18,19)(H2,16,17,20). The molecule has 2 aromatic rings. The minimum absolute atomic E-state index is 0.175. The lowest BCUT2D eigenvalue weighted by atomic mass is 10.2. The van der Waals surface area contributed by atoms with Crippen LogP contribution in [-0.2, 0) is 0 Å². The number of urea groups is 1. The molecule has 6 heteroatoms. The molecular formula is C14H11IN2O3. The van der Waals surface area contributed by atoms with Gasteiger partial charge in [0, 0.05) is 14.9 Å². The van der Waals surface area contributed by atoms with Gasteiger partial charge in [-0.1, -0.05) is 0 Å². The molecule has 2 rings (SSSR count). The number of nitrogens with one attached hydrogen (secondary N) is 2. The molecule has 0 heterocycles. The third kappa shape index (κ3) is 3.95. The summed E-state index contributed by atoms with van der Waals surface area (Å²) in [4.78, 5) is 22.4. The molecule has 0 saturated carbocycles. The fraction of sp³-hybridized carbons (Fsp3) is 0. The van der Waals surface area contributed by atoms with Crippen LogP contribution in [0.2, 0.25) is 0 Å². The Balaban J connectivity index is 1.97. The summed E-state index contributed by atoms with van der Waals surface area (Å²) >= 11 is 2.18. The highest BCUT2D eigenvalue weighted by molar-refractivity contribution is 14.1. The van der Waals surface area contributed by atoms with Gasteiger partial charge in [-0.05, 0) is 71.1 Å². The lowest BCUT2D eigenvalue weighted by Gasteiger charge is -2.08. The summed E-state index contributed by atoms with van der Waals surface area (Å²) in [5.74, 6) is -1.00. The van der Waals surface area contributed by atoms with Gasteiger partial charge in [-0.25, -0.2) is 9.59 Å². The van der Waals surface area contributed by atoms with E-state index in [-0.39, 0.29) is 11.6 Å². The number of anilines is 2. The van der Waals surface area contributed by atoms with E-state index in [1.807, 2.05) is 12.1 Å². The second-order valence-corrected chi connectivity index (χ2v) is 5.21. The van der Waals surface area contributed by atoms with Gasteiger partial charge < -0.3 is 15.7 Å². The Hall–Kier alpha value is -2.09. The molecule has 2 amide bonds. The van der Waals surface area contributed by atoms with E-state index < -0.39 is 5.97 Å². The molecular weight excluding hydrogens is 371 g/mol. The molecule has 20 heavy (non-hydrogen) atoms. The third-order valence-corrected chi connectivity index (χ3v) is 3.21. The summed E-state index contributed by atoms with van der Waals surface area (Å²) in [6, 6.07) is 12.9. The lowest BCUT2D eigenvalue weighted by Crippen LogP contribution is -2.19. The van der Waals surface area contributed by atoms with E-state index in [1.54, 1.807) is 12.1 Å². The number of carbonyl (C=O) groups excluding carboxylic acids is 1. The number of aromatic carboxylic acids is 1. The molecule has 0 aliphatic heterocycles. The fourth-order valence-corrected chi connectivity index (χ4v) is 1.88. The van der Waals surface area contributed by atoms with Crippen molar-refractivity contribution in [1.82, 2.24) is 0 Å². The minimum atomic E-state index is -1.00. The minimum Gasteiger partial charge on any atom is -0.478 e. The van der Waals surface area contributed by atoms with E-state index in [0.29, 0.717) is 11.4 Å². The first-order valence-electron chi connectivity index (χ1n) is 5.71. The fourth-order valence-electron chi connectivity index (χ4n) is 1.52. The first-order chi connectivity index (χ1) is 9.54. The van der Waals surface area contributed by atoms with Crippen molar-refractivity contribution in [3.8, 4) is 0 Å². The first kappa shape index (κ1) is 14.3. The molecule has 0 bridgehead atoms. The normalized spacial score (nSPS) is 9.85. The molecule has 0 aliphatic rings. The van der Waals surface area contributed by atoms with Crippen molar-refractivity contribution in [3.05, 3.63) is 57.7 Å². The van der Waals surface area contributed by atoms with Gasteiger partial charge in [-0.15, -0.1) is 0 Å². The van der Waals surface area contributed by atoms with Gasteiger partial charge in [0.2, 0.25) is 0 Å². The highest BCUT2D eigenvalue weighted by atomic mass is 127. The van der Waals surface area contributed by atoms with Gasteiger partial charge >= 0.3 is 12.0 Å². The van der Waals surface area contributed by atoms with Crippen LogP contribution in [0.1, 0.15) is 10.4 Å². The summed E-state index contributed by atoms with van der Waals surface area (Å²) in [5, 5.41) is 14.1. The zero-order valence-corrected chi connectivity index (χ0v) is 12.4. The van der Waals surface area contributed by atoms with E-state index in [1.165, 1.54) is 24.3 Å². The van der Waals surface area contributed by atoms with Gasteiger partial charge in [-0.3, -0.25) is 0 Å². The van der Waals surface area contributed by atoms with Crippen molar-refractivity contribution < 1.29 is 14.7 Å². The van der Waals surface area contributed by atoms with Crippen LogP contribution in [0, 0.1) is 3.57 Å². The number of hydrogen-bond donors (Lipinski definition) is 3. The molecule has 0 atom stereocenters. The lowest BCUT2D eigenvalue weighted by molar-refractivity contribution is 0.0697. The molecule has 0 aliphatic carbocycles. The van der Waals surface area contributed by atoms with Crippen molar-refractivity contribution in [3.63, 3.8) is 0 Å². The van der Waals surface area contributed by atoms with Crippen molar-refractivity contribution >= 4 is 46.0 Å². The van der Waals surface area contributed by atoms with Crippen molar-refractivity contribution in [2.45, 2.75) is 0 Å². The summed E-state index contributed by atoms with van der Waals surface area (Å²) in [7, 11) is 0. The Morgan fingerprint density at radius 1 is 0.850 bits per heavy atom. The number of rotatable bonds is 3. The monoisotopic (exact) mass is 382 g/mol. The predicted octanol–water partition coefficient (Wildman–Crippen LogP) is 3.63. The third-order valence-electron chi connectivity index (χ3n) is 2.49. The summed E-state index contributed by atoms with van der Waals surface area (Å²) in [6.45, 7) is 0. The molecule has 0 unspecified atom stereocenters. The number of carboxylic acid groups (broad SMARTS) is 1. The van der Waals surface area contributed by atoms with E-state index in [2.05, 4.69) is 33.2 Å². The van der Waals surface area contributed by atoms with E-state index in [9.17, 15) is 9.59 Å². The Kier molecular flexibility index (Phi) is 4.57. The van der Waals surface area contributed by atoms with Crippen molar-refractivity contribution in [1.29, 1.82) is 0 Å². The van der Waals surface area contributed by atoms with Gasteiger partial charge in [0.05, 0.1) is 5.56 Å². The van der Waals surface area contributed by atoms with Crippen LogP contribution in [0.15, 0.2) is 48.5 Å². The van der Waals surface area contributed by atoms with Crippen LogP contribution >= 0.6 is 22.6 Å². The van der Waals surface area contributed by atoms with Crippen LogP contribution < -0.4 is 10.6 Å². The van der Waals surface area contributed by atoms with Crippen LogP contribution in [0.4, 0.5) is 16.2 Å². The molecule has 3 N–H and O–H groups in total. The molecule has 0 radical (unpaired) electrons. The Labute approximate surface area is 129 Å². The molecule has 2 aromatic carbocycles. The Morgan fingerprint density at radius 3 is 1.75 bits per heavy atom. The molecule has 0 aromatic heterocycles. The SMILES string of the molecule is O=C(Nc1ccc(I)cc1)Nc1ccc(C(=O)O)cc1. The van der Waals surface area contributed by atoms with Crippen LogP contribution in [0.5, 0.6) is 0 Å². The molecule has 102 valence electrons. The smallest absolute Gasteiger partial charge is 0.335 e. The van der Waals surface area contributed by atoms with Gasteiger partial charge in [-0.2, -0.15) is 0 Å². The van der Waals surface area contributed by atoms with Crippen molar-refractivity contribution in [2.24, 2.45) is 0 Å². The summed E-state index contributed by atoms with van der Waals surface area (Å²) in [5.41, 5.74) is 1.39. The van der Waals surface area contributed by atoms with E-state index in [0.717, 1.165) is 3.57 Å². The number of hydrogen-bond acceptors (Lipinski definition) is 2. The van der Waals surface area contributed by atoms with Crippen molar-refractivity contribution in [2.75, 3.05) is 10.6 Å². The second kappa shape index (κ2) is 6.38. The van der Waals surface area contributed by atoms with Crippen LogP contribution in [0.25, 0.3) is 0 Å². The topological polar surface area (TPSA) is 78.4 Å². The molecule has 0 fully saturated rings. The average Bonchev–Trinajstić information content (AvgIpc) is 2.42. The Bertz CT molecular complexity index is 624. The van der Waals surface area contributed by atoms with E-state index >= 15 is 0 Å². The number of amides is 2. The quantitative estimate of drug-likeness (QED) is 0.710. The number of halogens is 1. The first-order valence-corrected chi connectivity index (χ1v) is 6.79. The predicted molar refractivity (Wildman–Crippen MR) is 85.2 cm³/mol. The largest absolute Gasteiger partial charge is 0.478 e. The molecule has 5 nitrogen and oxygen atoms in total. The van der Waals surface area contributed by atoms with Crippen LogP contribution in [0.3, 0.4) is 0 Å². The average molecular weight is 382 g/mol. The summed E-state index contributed by atoms with van der Waals surface area (Å²) < 4.78 is 1.08. The molecule has 0 saturated heterocycles. The van der Waals surface area contributed by atoms with Gasteiger partial charge in [0.15, 0.2) is 0 Å². The maximum atomic E-state index is 11.7. The number of carboxylic acids is 1. The van der Waals surface area contributed by atoms with Gasteiger partial charge in [0.25, 0.3) is 0 Å². The highest BCUT2D eigenvalue weighted by Gasteiger charge is 2.05. The Morgan fingerprint density at radius 2 is 1.30 bits per heavy atom. The number of benzene rings is 2. The van der Waals surface area contributed by atoms with Crippen LogP contribution in [-0.4, -0.2) is 17.1 Å². The zero-order chi connectivity index (χ0) is 14.5. The zero-order valence-electron chi connectivity index (χ0n) is 10.3. The number of carbonyl (C=O) groups is 2. The maximum absolute atomic E-state index is 11.7. The van der Waals surface area contributed by atoms with E-state index in [4.69, 9.17) is 5.11 Å². The maximum Gasteiger partial charge on any atom is 0.335 e. The molecule has 0 spiro atoms.